The highest BCUT2D eigenvalue weighted by Crippen LogP contribution is 2.19. The van der Waals surface area contributed by atoms with Gasteiger partial charge in [-0.1, -0.05) is 42.1 Å². The van der Waals surface area contributed by atoms with Crippen molar-refractivity contribution in [3.05, 3.63) is 42.5 Å². The molecule has 0 saturated carbocycles. The van der Waals surface area contributed by atoms with E-state index in [1.165, 1.54) is 16.7 Å². The Hall–Kier alpha value is -2.54. The molecule has 0 atom stereocenters. The van der Waals surface area contributed by atoms with E-state index in [0.717, 1.165) is 10.8 Å². The van der Waals surface area contributed by atoms with Crippen LogP contribution in [0.15, 0.2) is 42.5 Å². The maximum absolute atomic E-state index is 11.9. The number of esters is 1. The van der Waals surface area contributed by atoms with Gasteiger partial charge >= 0.3 is 5.97 Å². The maximum atomic E-state index is 11.9. The lowest BCUT2D eigenvalue weighted by atomic mass is 10.1. The molecule has 1 aliphatic rings. The van der Waals surface area contributed by atoms with E-state index in [2.05, 4.69) is 5.32 Å². The quantitative estimate of drug-likeness (QED) is 0.844. The van der Waals surface area contributed by atoms with Crippen molar-refractivity contribution < 1.29 is 19.1 Å². The SMILES string of the molecule is O=C(COC(=O)CN1CCSC1=O)Nc1ccc2ccccc2c1. The zero-order chi connectivity index (χ0) is 16.9. The Labute approximate surface area is 143 Å². The lowest BCUT2D eigenvalue weighted by molar-refractivity contribution is -0.147. The Kier molecular flexibility index (Phi) is 5.00. The number of nitrogens with one attached hydrogen (secondary N) is 1. The van der Waals surface area contributed by atoms with Gasteiger partial charge in [-0.2, -0.15) is 0 Å². The highest BCUT2D eigenvalue weighted by atomic mass is 32.2. The van der Waals surface area contributed by atoms with Crippen LogP contribution in [0.2, 0.25) is 0 Å². The van der Waals surface area contributed by atoms with Gasteiger partial charge in [-0.15, -0.1) is 0 Å². The Morgan fingerprint density at radius 2 is 1.96 bits per heavy atom. The fourth-order valence-corrected chi connectivity index (χ4v) is 3.21. The van der Waals surface area contributed by atoms with E-state index >= 15 is 0 Å². The number of ether oxygens (including phenoxy) is 1. The smallest absolute Gasteiger partial charge is 0.326 e. The second-order valence-electron chi connectivity index (χ2n) is 5.31. The molecule has 0 aliphatic carbocycles. The fourth-order valence-electron chi connectivity index (χ4n) is 2.38. The van der Waals surface area contributed by atoms with E-state index in [1.54, 1.807) is 6.07 Å². The van der Waals surface area contributed by atoms with Gasteiger partial charge in [0.15, 0.2) is 6.61 Å². The summed E-state index contributed by atoms with van der Waals surface area (Å²) >= 11 is 1.17. The lowest BCUT2D eigenvalue weighted by Gasteiger charge is -2.13. The summed E-state index contributed by atoms with van der Waals surface area (Å²) < 4.78 is 4.92. The van der Waals surface area contributed by atoms with Gasteiger partial charge in [-0.25, -0.2) is 0 Å². The average molecular weight is 344 g/mol. The van der Waals surface area contributed by atoms with Crippen LogP contribution in [0.3, 0.4) is 0 Å². The molecule has 0 aromatic heterocycles. The largest absolute Gasteiger partial charge is 0.454 e. The first-order valence-corrected chi connectivity index (χ1v) is 8.46. The standard InChI is InChI=1S/C17H16N2O4S/c20-15(11-23-16(21)10-19-7-8-24-17(19)22)18-14-6-5-12-3-1-2-4-13(12)9-14/h1-6,9H,7-8,10-11H2,(H,18,20). The van der Waals surface area contributed by atoms with Crippen molar-refractivity contribution in [3.8, 4) is 0 Å². The zero-order valence-corrected chi connectivity index (χ0v) is 13.7. The number of nitrogens with zero attached hydrogens (tertiary/aromatic N) is 1. The number of hydrogen-bond acceptors (Lipinski definition) is 5. The van der Waals surface area contributed by atoms with Crippen LogP contribution in [-0.2, 0) is 14.3 Å². The normalized spacial score (nSPS) is 14.0. The maximum Gasteiger partial charge on any atom is 0.326 e. The number of anilines is 1. The van der Waals surface area contributed by atoms with Crippen molar-refractivity contribution in [2.45, 2.75) is 0 Å². The van der Waals surface area contributed by atoms with Crippen LogP contribution < -0.4 is 5.32 Å². The predicted octanol–water partition coefficient (Wildman–Crippen LogP) is 2.49. The van der Waals surface area contributed by atoms with E-state index in [0.29, 0.717) is 18.0 Å². The van der Waals surface area contributed by atoms with Gasteiger partial charge in [-0.3, -0.25) is 14.4 Å². The molecule has 2 amide bonds. The van der Waals surface area contributed by atoms with Gasteiger partial charge in [-0.05, 0) is 22.9 Å². The fraction of sp³-hybridized carbons (Fsp3) is 0.235. The molecular formula is C17H16N2O4S. The first-order valence-electron chi connectivity index (χ1n) is 7.48. The number of fused-ring (bicyclic) bond motifs is 1. The predicted molar refractivity (Wildman–Crippen MR) is 93.0 cm³/mol. The van der Waals surface area contributed by atoms with Crippen LogP contribution in [0.4, 0.5) is 10.5 Å². The monoisotopic (exact) mass is 344 g/mol. The molecule has 2 aromatic carbocycles. The second-order valence-corrected chi connectivity index (χ2v) is 6.35. The molecule has 0 unspecified atom stereocenters. The average Bonchev–Trinajstić information content (AvgIpc) is 2.98. The molecule has 2 aromatic rings. The summed E-state index contributed by atoms with van der Waals surface area (Å²) in [5.74, 6) is -0.325. The third-order valence-electron chi connectivity index (χ3n) is 3.56. The van der Waals surface area contributed by atoms with Crippen LogP contribution in [0.25, 0.3) is 10.8 Å². The van der Waals surface area contributed by atoms with Crippen LogP contribution in [0.5, 0.6) is 0 Å². The molecule has 6 nitrogen and oxygen atoms in total. The van der Waals surface area contributed by atoms with Crippen molar-refractivity contribution in [3.63, 3.8) is 0 Å². The van der Waals surface area contributed by atoms with E-state index in [1.807, 2.05) is 36.4 Å². The van der Waals surface area contributed by atoms with Crippen LogP contribution in [0.1, 0.15) is 0 Å². The first kappa shape index (κ1) is 16.3. The van der Waals surface area contributed by atoms with E-state index in [9.17, 15) is 14.4 Å². The van der Waals surface area contributed by atoms with Crippen molar-refractivity contribution >= 4 is 45.3 Å². The molecule has 1 heterocycles. The minimum absolute atomic E-state index is 0.116. The molecule has 0 radical (unpaired) electrons. The number of benzene rings is 2. The molecule has 1 N–H and O–H groups in total. The number of rotatable bonds is 5. The summed E-state index contributed by atoms with van der Waals surface area (Å²) in [7, 11) is 0. The van der Waals surface area contributed by atoms with E-state index in [-0.39, 0.29) is 18.4 Å². The van der Waals surface area contributed by atoms with Crippen molar-refractivity contribution in [1.29, 1.82) is 0 Å². The Balaban J connectivity index is 1.49. The van der Waals surface area contributed by atoms with Gasteiger partial charge in [0.2, 0.25) is 0 Å². The first-order chi connectivity index (χ1) is 11.6. The van der Waals surface area contributed by atoms with E-state index < -0.39 is 11.9 Å². The van der Waals surface area contributed by atoms with Crippen molar-refractivity contribution in [2.24, 2.45) is 0 Å². The minimum Gasteiger partial charge on any atom is -0.454 e. The summed E-state index contributed by atoms with van der Waals surface area (Å²) in [5.41, 5.74) is 0.640. The van der Waals surface area contributed by atoms with Gasteiger partial charge < -0.3 is 15.0 Å². The second kappa shape index (κ2) is 7.35. The number of amides is 2. The minimum atomic E-state index is -0.584. The highest BCUT2D eigenvalue weighted by molar-refractivity contribution is 8.13. The number of hydrogen-bond donors (Lipinski definition) is 1. The zero-order valence-electron chi connectivity index (χ0n) is 12.9. The van der Waals surface area contributed by atoms with Gasteiger partial charge in [0.05, 0.1) is 0 Å². The molecule has 0 spiro atoms. The third-order valence-corrected chi connectivity index (χ3v) is 4.45. The van der Waals surface area contributed by atoms with Gasteiger partial charge in [0.25, 0.3) is 11.1 Å². The molecule has 1 fully saturated rings. The van der Waals surface area contributed by atoms with Crippen molar-refractivity contribution in [2.75, 3.05) is 30.8 Å². The summed E-state index contributed by atoms with van der Waals surface area (Å²) in [6, 6.07) is 13.4. The van der Waals surface area contributed by atoms with Gasteiger partial charge in [0.1, 0.15) is 6.54 Å². The molecule has 7 heteroatoms. The molecule has 1 aliphatic heterocycles. The highest BCUT2D eigenvalue weighted by Gasteiger charge is 2.24. The van der Waals surface area contributed by atoms with Gasteiger partial charge in [0, 0.05) is 18.0 Å². The molecule has 24 heavy (non-hydrogen) atoms. The number of thioether (sulfide) groups is 1. The van der Waals surface area contributed by atoms with Crippen LogP contribution in [-0.4, -0.2) is 47.5 Å². The van der Waals surface area contributed by atoms with Crippen LogP contribution >= 0.6 is 11.8 Å². The summed E-state index contributed by atoms with van der Waals surface area (Å²) in [4.78, 5) is 36.4. The summed E-state index contributed by atoms with van der Waals surface area (Å²) in [6.07, 6.45) is 0. The molecule has 3 rings (SSSR count). The topological polar surface area (TPSA) is 75.7 Å². The third kappa shape index (κ3) is 4.05. The molecule has 124 valence electrons. The molecule has 0 bridgehead atoms. The lowest BCUT2D eigenvalue weighted by Crippen LogP contribution is -2.32. The number of carbonyl (C=O) groups is 3. The van der Waals surface area contributed by atoms with Crippen molar-refractivity contribution in [1.82, 2.24) is 4.90 Å². The Morgan fingerprint density at radius 3 is 2.71 bits per heavy atom. The molecular weight excluding hydrogens is 328 g/mol. The van der Waals surface area contributed by atoms with Crippen LogP contribution in [0, 0.1) is 0 Å². The molecule has 1 saturated heterocycles. The summed E-state index contributed by atoms with van der Waals surface area (Å²) in [6.45, 7) is 0.0395. The van der Waals surface area contributed by atoms with E-state index in [4.69, 9.17) is 4.74 Å². The Morgan fingerprint density at radius 1 is 1.17 bits per heavy atom. The summed E-state index contributed by atoms with van der Waals surface area (Å²) in [5, 5.41) is 4.65. The number of carbonyl (C=O) groups excluding carboxylic acids is 3. The Bertz CT molecular complexity index is 793.